The van der Waals surface area contributed by atoms with E-state index in [9.17, 15) is 4.79 Å². The highest BCUT2D eigenvalue weighted by Gasteiger charge is 2.25. The molecule has 0 bridgehead atoms. The minimum Gasteiger partial charge on any atom is -0.382 e. The van der Waals surface area contributed by atoms with E-state index in [1.807, 2.05) is 18.2 Å². The zero-order valence-corrected chi connectivity index (χ0v) is 14.5. The summed E-state index contributed by atoms with van der Waals surface area (Å²) < 4.78 is 1.56. The van der Waals surface area contributed by atoms with Gasteiger partial charge < -0.3 is 5.32 Å². The lowest BCUT2D eigenvalue weighted by Crippen LogP contribution is -2.30. The fraction of sp³-hybridized carbons (Fsp3) is 0.300. The second kappa shape index (κ2) is 6.24. The van der Waals surface area contributed by atoms with Gasteiger partial charge in [-0.1, -0.05) is 18.2 Å². The Hall–Kier alpha value is -2.82. The number of benzene rings is 1. The van der Waals surface area contributed by atoms with Crippen LogP contribution >= 0.6 is 0 Å². The van der Waals surface area contributed by atoms with E-state index in [2.05, 4.69) is 47.4 Å². The smallest absolute Gasteiger partial charge is 0.276 e. The average Bonchev–Trinajstić information content (AvgIpc) is 2.95. The number of H-pyrrole nitrogens is 1. The summed E-state index contributed by atoms with van der Waals surface area (Å²) in [6, 6.07) is 12.3. The second-order valence-electron chi connectivity index (χ2n) is 6.80. The summed E-state index contributed by atoms with van der Waals surface area (Å²) in [7, 11) is 0. The number of anilines is 1. The molecule has 0 spiro atoms. The topological polar surface area (TPSA) is 62.7 Å². The molecule has 5 heteroatoms. The van der Waals surface area contributed by atoms with Crippen LogP contribution in [0.15, 0.2) is 47.4 Å². The maximum atomic E-state index is 12.8. The maximum Gasteiger partial charge on any atom is 0.276 e. The molecule has 2 heterocycles. The lowest BCUT2D eigenvalue weighted by atomic mass is 9.93. The van der Waals surface area contributed by atoms with Crippen molar-refractivity contribution in [3.63, 3.8) is 0 Å². The van der Waals surface area contributed by atoms with Crippen LogP contribution in [0.1, 0.15) is 28.8 Å². The summed E-state index contributed by atoms with van der Waals surface area (Å²) in [6.45, 7) is 4.21. The number of nitrogens with one attached hydrogen (secondary N) is 2. The Kier molecular flexibility index (Phi) is 3.92. The number of nitrogens with zero attached hydrogens (tertiary/aromatic N) is 2. The molecule has 0 radical (unpaired) electrons. The second-order valence-corrected chi connectivity index (χ2v) is 6.80. The lowest BCUT2D eigenvalue weighted by molar-refractivity contribution is 0.602. The third-order valence-corrected chi connectivity index (χ3v) is 4.90. The fourth-order valence-corrected chi connectivity index (χ4v) is 3.48. The van der Waals surface area contributed by atoms with Crippen molar-refractivity contribution in [2.24, 2.45) is 0 Å². The Balaban J connectivity index is 1.60. The van der Waals surface area contributed by atoms with Crippen molar-refractivity contribution >= 4 is 5.69 Å². The monoisotopic (exact) mass is 334 g/mol. The summed E-state index contributed by atoms with van der Waals surface area (Å²) in [5, 5.41) is 6.87. The quantitative estimate of drug-likeness (QED) is 0.773. The molecular weight excluding hydrogens is 312 g/mol. The van der Waals surface area contributed by atoms with Crippen LogP contribution in [-0.2, 0) is 12.8 Å². The first-order valence-electron chi connectivity index (χ1n) is 8.70. The zero-order chi connectivity index (χ0) is 17.4. The first-order valence-corrected chi connectivity index (χ1v) is 8.70. The largest absolute Gasteiger partial charge is 0.382 e. The van der Waals surface area contributed by atoms with E-state index in [-0.39, 0.29) is 11.6 Å². The molecule has 0 saturated heterocycles. The number of aryl methyl sites for hydroxylation is 3. The molecule has 1 atom stereocenters. The summed E-state index contributed by atoms with van der Waals surface area (Å²) in [5.41, 5.74) is 5.56. The van der Waals surface area contributed by atoms with Crippen LogP contribution in [0.4, 0.5) is 5.69 Å². The number of fused-ring (bicyclic) bond motifs is 1. The Morgan fingerprint density at radius 2 is 2.12 bits per heavy atom. The Labute approximate surface area is 146 Å². The highest BCUT2D eigenvalue weighted by atomic mass is 16.1. The molecule has 1 unspecified atom stereocenters. The van der Waals surface area contributed by atoms with Crippen molar-refractivity contribution in [1.82, 2.24) is 14.8 Å². The van der Waals surface area contributed by atoms with Crippen molar-refractivity contribution < 1.29 is 0 Å². The Morgan fingerprint density at radius 3 is 2.92 bits per heavy atom. The van der Waals surface area contributed by atoms with Gasteiger partial charge in [-0.25, -0.2) is 9.67 Å². The molecule has 1 aromatic carbocycles. The number of hydrogen-bond donors (Lipinski definition) is 2. The maximum absolute atomic E-state index is 12.8. The van der Waals surface area contributed by atoms with Gasteiger partial charge in [0.25, 0.3) is 5.56 Å². The van der Waals surface area contributed by atoms with Crippen molar-refractivity contribution in [3.8, 4) is 5.82 Å². The molecule has 3 aromatic rings. The first-order chi connectivity index (χ1) is 12.1. The molecule has 0 amide bonds. The van der Waals surface area contributed by atoms with E-state index in [1.165, 1.54) is 11.1 Å². The van der Waals surface area contributed by atoms with E-state index in [4.69, 9.17) is 0 Å². The van der Waals surface area contributed by atoms with Gasteiger partial charge in [0.05, 0.1) is 0 Å². The van der Waals surface area contributed by atoms with Crippen LogP contribution in [0, 0.1) is 13.8 Å². The van der Waals surface area contributed by atoms with Gasteiger partial charge in [-0.2, -0.15) is 0 Å². The zero-order valence-electron chi connectivity index (χ0n) is 14.5. The molecule has 1 aliphatic rings. The summed E-state index contributed by atoms with van der Waals surface area (Å²) >= 11 is 0. The minimum absolute atomic E-state index is 0.0150. The minimum atomic E-state index is 0.0150. The van der Waals surface area contributed by atoms with Crippen LogP contribution in [0.25, 0.3) is 5.82 Å². The number of hydrogen-bond acceptors (Lipinski definition) is 3. The summed E-state index contributed by atoms with van der Waals surface area (Å²) in [4.78, 5) is 17.1. The van der Waals surface area contributed by atoms with Gasteiger partial charge in [0.1, 0.15) is 0 Å². The molecule has 25 heavy (non-hydrogen) atoms. The average molecular weight is 334 g/mol. The highest BCUT2D eigenvalue weighted by molar-refractivity contribution is 5.53. The van der Waals surface area contributed by atoms with Gasteiger partial charge in [0.15, 0.2) is 5.82 Å². The van der Waals surface area contributed by atoms with Crippen molar-refractivity contribution in [2.75, 3.05) is 5.32 Å². The van der Waals surface area contributed by atoms with Crippen LogP contribution in [0.5, 0.6) is 0 Å². The number of aromatic amines is 1. The molecule has 4 rings (SSSR count). The van der Waals surface area contributed by atoms with E-state index in [1.54, 1.807) is 10.9 Å². The van der Waals surface area contributed by atoms with E-state index < -0.39 is 0 Å². The van der Waals surface area contributed by atoms with E-state index >= 15 is 0 Å². The number of pyridine rings is 1. The van der Waals surface area contributed by atoms with Gasteiger partial charge in [0, 0.05) is 29.2 Å². The molecule has 128 valence electrons. The van der Waals surface area contributed by atoms with Crippen LogP contribution in [0.3, 0.4) is 0 Å². The Morgan fingerprint density at radius 1 is 1.24 bits per heavy atom. The normalized spacial score (nSPS) is 16.5. The van der Waals surface area contributed by atoms with Crippen molar-refractivity contribution in [2.45, 2.75) is 39.2 Å². The number of aromatic nitrogens is 3. The highest BCUT2D eigenvalue weighted by Crippen LogP contribution is 2.24. The van der Waals surface area contributed by atoms with Crippen LogP contribution < -0.4 is 10.9 Å². The SMILES string of the molecule is Cc1ccc(C)c(NC2CCc3[nH]n(-c4ccccn4)c(=O)c3C2)c1. The summed E-state index contributed by atoms with van der Waals surface area (Å²) in [5.74, 6) is 0.640. The predicted octanol–water partition coefficient (Wildman–Crippen LogP) is 3.15. The van der Waals surface area contributed by atoms with Gasteiger partial charge in [0.2, 0.25) is 0 Å². The van der Waals surface area contributed by atoms with Crippen molar-refractivity contribution in [3.05, 3.63) is 75.3 Å². The molecule has 2 N–H and O–H groups in total. The summed E-state index contributed by atoms with van der Waals surface area (Å²) in [6.07, 6.45) is 4.31. The molecular formula is C20H22N4O. The Bertz CT molecular complexity index is 956. The molecule has 0 aliphatic heterocycles. The van der Waals surface area contributed by atoms with Gasteiger partial charge >= 0.3 is 0 Å². The van der Waals surface area contributed by atoms with Gasteiger partial charge in [-0.3, -0.25) is 9.89 Å². The fourth-order valence-electron chi connectivity index (χ4n) is 3.48. The van der Waals surface area contributed by atoms with Crippen molar-refractivity contribution in [1.29, 1.82) is 0 Å². The molecule has 0 fully saturated rings. The third-order valence-electron chi connectivity index (χ3n) is 4.90. The van der Waals surface area contributed by atoms with Crippen LogP contribution in [0.2, 0.25) is 0 Å². The standard InChI is InChI=1S/C20H22N4O/c1-13-6-7-14(2)18(11-13)22-15-8-9-17-16(12-15)20(25)24(23-17)19-5-3-4-10-21-19/h3-7,10-11,15,22-23H,8-9,12H2,1-2H3. The molecule has 5 nitrogen and oxygen atoms in total. The third kappa shape index (κ3) is 2.97. The lowest BCUT2D eigenvalue weighted by Gasteiger charge is -2.24. The van der Waals surface area contributed by atoms with Gasteiger partial charge in [-0.05, 0) is 62.4 Å². The van der Waals surface area contributed by atoms with E-state index in [0.717, 1.165) is 36.2 Å². The van der Waals surface area contributed by atoms with Crippen LogP contribution in [-0.4, -0.2) is 20.8 Å². The van der Waals surface area contributed by atoms with E-state index in [0.29, 0.717) is 5.82 Å². The predicted molar refractivity (Wildman–Crippen MR) is 99.5 cm³/mol. The molecule has 1 aliphatic carbocycles. The first kappa shape index (κ1) is 15.7. The molecule has 2 aromatic heterocycles. The molecule has 0 saturated carbocycles. The van der Waals surface area contributed by atoms with Gasteiger partial charge in [-0.15, -0.1) is 0 Å². The number of rotatable bonds is 3.